The number of hydrogen-bond donors (Lipinski definition) is 0. The van der Waals surface area contributed by atoms with Crippen LogP contribution in [0, 0.1) is 6.92 Å². The van der Waals surface area contributed by atoms with Crippen molar-refractivity contribution in [2.24, 2.45) is 0 Å². The third-order valence-electron chi connectivity index (χ3n) is 11.3. The normalized spacial score (nSPS) is 14.9. The maximum Gasteiger partial charge on any atom is 0.161 e. The zero-order valence-corrected chi connectivity index (χ0v) is 29.3. The van der Waals surface area contributed by atoms with E-state index >= 15 is 0 Å². The van der Waals surface area contributed by atoms with Gasteiger partial charge in [0.1, 0.15) is 0 Å². The Morgan fingerprint density at radius 3 is 1.54 bits per heavy atom. The summed E-state index contributed by atoms with van der Waals surface area (Å²) in [5, 5.41) is 0. The van der Waals surface area contributed by atoms with Gasteiger partial charge in [-0.3, -0.25) is 0 Å². The number of rotatable bonds is 5. The Kier molecular flexibility index (Phi) is 6.94. The summed E-state index contributed by atoms with van der Waals surface area (Å²) in [6.07, 6.45) is 0.961. The Balaban J connectivity index is 1.30. The maximum atomic E-state index is 5.33. The van der Waals surface area contributed by atoms with Crippen molar-refractivity contribution >= 4 is 0 Å². The van der Waals surface area contributed by atoms with Gasteiger partial charge in [-0.05, 0) is 86.2 Å². The minimum atomic E-state index is -0.489. The molecular formula is C50H36N2. The van der Waals surface area contributed by atoms with Crippen molar-refractivity contribution in [3.05, 3.63) is 203 Å². The Hall–Kier alpha value is -6.38. The van der Waals surface area contributed by atoms with Crippen LogP contribution in [0.2, 0.25) is 0 Å². The highest BCUT2D eigenvalue weighted by atomic mass is 14.9. The smallest absolute Gasteiger partial charge is 0.161 e. The molecule has 1 heterocycles. The molecule has 1 atom stereocenters. The van der Waals surface area contributed by atoms with E-state index in [9.17, 15) is 0 Å². The van der Waals surface area contributed by atoms with E-state index < -0.39 is 5.41 Å². The van der Waals surface area contributed by atoms with Gasteiger partial charge in [0.2, 0.25) is 0 Å². The Morgan fingerprint density at radius 2 is 0.923 bits per heavy atom. The largest absolute Gasteiger partial charge is 0.228 e. The molecule has 2 aliphatic rings. The van der Waals surface area contributed by atoms with Crippen LogP contribution in [0.3, 0.4) is 0 Å². The predicted octanol–water partition coefficient (Wildman–Crippen LogP) is 12.4. The average molecular weight is 665 g/mol. The summed E-state index contributed by atoms with van der Waals surface area (Å²) in [6, 6.07) is 61.6. The summed E-state index contributed by atoms with van der Waals surface area (Å²) in [7, 11) is 0. The van der Waals surface area contributed by atoms with Gasteiger partial charge in [-0.2, -0.15) is 0 Å². The monoisotopic (exact) mass is 664 g/mol. The highest BCUT2D eigenvalue weighted by molar-refractivity contribution is 6.03. The molecule has 2 nitrogen and oxygen atoms in total. The molecule has 0 bridgehead atoms. The first-order chi connectivity index (χ1) is 25.7. The van der Waals surface area contributed by atoms with Crippen LogP contribution in [0.1, 0.15) is 40.3 Å². The number of fused-ring (bicyclic) bond motifs is 10. The van der Waals surface area contributed by atoms with Gasteiger partial charge in [0.05, 0.1) is 16.8 Å². The second-order valence-corrected chi connectivity index (χ2v) is 14.0. The summed E-state index contributed by atoms with van der Waals surface area (Å²) in [4.78, 5) is 10.7. The quantitative estimate of drug-likeness (QED) is 0.183. The standard InChI is InChI=1S/C50H36N2/c1-3-33-29-30-43-48(46(33)36-22-11-10-17-32(36)2)38-24-13-15-27-41(38)50(43)40-26-14-12-23-37(40)47-39(25-16-28-42(47)50)49-51-44(34-18-6-4-7-19-34)31-45(52-49)35-20-8-5-9-21-35/h4-31H,3H2,1-2H3. The van der Waals surface area contributed by atoms with Gasteiger partial charge in [0.25, 0.3) is 0 Å². The molecule has 8 aromatic rings. The molecule has 2 aliphatic carbocycles. The highest BCUT2D eigenvalue weighted by Crippen LogP contribution is 2.65. The Bertz CT molecular complexity index is 2620. The average Bonchev–Trinajstić information content (AvgIpc) is 3.69. The Morgan fingerprint density at radius 1 is 0.423 bits per heavy atom. The lowest BCUT2D eigenvalue weighted by Crippen LogP contribution is -2.26. The van der Waals surface area contributed by atoms with Gasteiger partial charge in [0, 0.05) is 16.7 Å². The van der Waals surface area contributed by atoms with E-state index in [2.05, 4.69) is 184 Å². The van der Waals surface area contributed by atoms with Crippen LogP contribution in [-0.4, -0.2) is 9.97 Å². The molecule has 0 radical (unpaired) electrons. The van der Waals surface area contributed by atoms with Crippen molar-refractivity contribution in [1.29, 1.82) is 0 Å². The fourth-order valence-corrected chi connectivity index (χ4v) is 9.04. The van der Waals surface area contributed by atoms with Gasteiger partial charge in [-0.25, -0.2) is 9.97 Å². The molecule has 7 aromatic carbocycles. The van der Waals surface area contributed by atoms with Gasteiger partial charge >= 0.3 is 0 Å². The topological polar surface area (TPSA) is 25.8 Å². The lowest BCUT2D eigenvalue weighted by atomic mass is 9.70. The Labute approximate surface area is 305 Å². The van der Waals surface area contributed by atoms with Gasteiger partial charge in [0.15, 0.2) is 5.82 Å². The fraction of sp³-hybridized carbons (Fsp3) is 0.0800. The summed E-state index contributed by atoms with van der Waals surface area (Å²) in [5.74, 6) is 0.734. The number of benzene rings is 7. The predicted molar refractivity (Wildman–Crippen MR) is 214 cm³/mol. The minimum absolute atomic E-state index is 0.489. The molecule has 1 unspecified atom stereocenters. The van der Waals surface area contributed by atoms with Crippen LogP contribution in [0.4, 0.5) is 0 Å². The van der Waals surface area contributed by atoms with Crippen molar-refractivity contribution in [1.82, 2.24) is 9.97 Å². The third kappa shape index (κ3) is 4.31. The number of hydrogen-bond acceptors (Lipinski definition) is 2. The summed E-state index contributed by atoms with van der Waals surface area (Å²) in [5.41, 5.74) is 20.2. The van der Waals surface area contributed by atoms with Crippen molar-refractivity contribution in [3.63, 3.8) is 0 Å². The number of nitrogens with zero attached hydrogens (tertiary/aromatic N) is 2. The van der Waals surface area contributed by atoms with E-state index in [1.165, 1.54) is 66.8 Å². The number of aryl methyl sites for hydroxylation is 2. The van der Waals surface area contributed by atoms with E-state index in [0.717, 1.165) is 40.3 Å². The lowest BCUT2D eigenvalue weighted by Gasteiger charge is -2.31. The van der Waals surface area contributed by atoms with Crippen molar-refractivity contribution in [3.8, 4) is 67.3 Å². The van der Waals surface area contributed by atoms with Crippen LogP contribution < -0.4 is 0 Å². The van der Waals surface area contributed by atoms with E-state index in [0.29, 0.717) is 0 Å². The highest BCUT2D eigenvalue weighted by Gasteiger charge is 2.53. The van der Waals surface area contributed by atoms with E-state index in [1.54, 1.807) is 0 Å². The first-order valence-electron chi connectivity index (χ1n) is 18.2. The summed E-state index contributed by atoms with van der Waals surface area (Å²) >= 11 is 0. The van der Waals surface area contributed by atoms with Gasteiger partial charge in [-0.15, -0.1) is 0 Å². The van der Waals surface area contributed by atoms with Crippen LogP contribution in [-0.2, 0) is 11.8 Å². The molecule has 246 valence electrons. The second kappa shape index (κ2) is 11.9. The zero-order chi connectivity index (χ0) is 34.8. The molecule has 2 heteroatoms. The molecule has 0 amide bonds. The molecule has 0 saturated carbocycles. The SMILES string of the molecule is CCc1ccc2c(c1-c1ccccc1C)-c1ccccc1C21c2ccccc2-c2c(-c3nc(-c4ccccc4)cc(-c4ccccc4)n3)cccc21. The van der Waals surface area contributed by atoms with Crippen LogP contribution >= 0.6 is 0 Å². The van der Waals surface area contributed by atoms with Gasteiger partial charge < -0.3 is 0 Å². The molecule has 1 aromatic heterocycles. The van der Waals surface area contributed by atoms with Gasteiger partial charge in [-0.1, -0.05) is 171 Å². The van der Waals surface area contributed by atoms with Crippen LogP contribution in [0.25, 0.3) is 67.3 Å². The van der Waals surface area contributed by atoms with E-state index in [4.69, 9.17) is 9.97 Å². The molecule has 0 fully saturated rings. The second-order valence-electron chi connectivity index (χ2n) is 14.0. The number of aromatic nitrogens is 2. The van der Waals surface area contributed by atoms with Crippen LogP contribution in [0.15, 0.2) is 170 Å². The summed E-state index contributed by atoms with van der Waals surface area (Å²) < 4.78 is 0. The first kappa shape index (κ1) is 30.4. The van der Waals surface area contributed by atoms with Crippen LogP contribution in [0.5, 0.6) is 0 Å². The molecule has 0 saturated heterocycles. The van der Waals surface area contributed by atoms with Crippen molar-refractivity contribution < 1.29 is 0 Å². The first-order valence-corrected chi connectivity index (χ1v) is 18.2. The van der Waals surface area contributed by atoms with Crippen molar-refractivity contribution in [2.45, 2.75) is 25.7 Å². The minimum Gasteiger partial charge on any atom is -0.228 e. The molecule has 10 rings (SSSR count). The molecule has 1 spiro atoms. The third-order valence-corrected chi connectivity index (χ3v) is 11.3. The lowest BCUT2D eigenvalue weighted by molar-refractivity contribution is 0.793. The summed E-state index contributed by atoms with van der Waals surface area (Å²) in [6.45, 7) is 4.52. The molecule has 0 N–H and O–H groups in total. The zero-order valence-electron chi connectivity index (χ0n) is 29.3. The van der Waals surface area contributed by atoms with Crippen molar-refractivity contribution in [2.75, 3.05) is 0 Å². The molecule has 52 heavy (non-hydrogen) atoms. The molecular weight excluding hydrogens is 629 g/mol. The van der Waals surface area contributed by atoms with E-state index in [1.807, 2.05) is 0 Å². The van der Waals surface area contributed by atoms with E-state index in [-0.39, 0.29) is 0 Å². The maximum absolute atomic E-state index is 5.33. The fourth-order valence-electron chi connectivity index (χ4n) is 9.04. The molecule has 0 aliphatic heterocycles.